The van der Waals surface area contributed by atoms with Crippen LogP contribution >= 0.6 is 23.4 Å². The molecule has 0 saturated carbocycles. The first kappa shape index (κ1) is 15.4. The molecule has 1 nitrogen and oxygen atoms in total. The second kappa shape index (κ2) is 7.67. The maximum atomic E-state index is 13.8. The highest BCUT2D eigenvalue weighted by Crippen LogP contribution is 2.27. The third-order valence-corrected chi connectivity index (χ3v) is 4.24. The summed E-state index contributed by atoms with van der Waals surface area (Å²) in [5, 5.41) is 3.48. The second-order valence-corrected chi connectivity index (χ2v) is 5.89. The molecule has 0 heterocycles. The van der Waals surface area contributed by atoms with Crippen molar-refractivity contribution in [1.29, 1.82) is 0 Å². The summed E-state index contributed by atoms with van der Waals surface area (Å²) in [5.74, 6) is 0.266. The lowest BCUT2D eigenvalue weighted by Crippen LogP contribution is -2.11. The molecule has 106 valence electrons. The van der Waals surface area contributed by atoms with Crippen LogP contribution in [0.25, 0.3) is 0 Å². The van der Waals surface area contributed by atoms with Crippen molar-refractivity contribution < 1.29 is 4.39 Å². The number of thioether (sulfide) groups is 1. The summed E-state index contributed by atoms with van der Waals surface area (Å²) in [6, 6.07) is 13.4. The SMILES string of the molecule is CCNCc1cccc(SCc2cccc(Cl)c2F)c1. The largest absolute Gasteiger partial charge is 0.313 e. The van der Waals surface area contributed by atoms with Gasteiger partial charge in [-0.05, 0) is 35.9 Å². The van der Waals surface area contributed by atoms with Crippen molar-refractivity contribution in [3.8, 4) is 0 Å². The first-order valence-electron chi connectivity index (χ1n) is 6.56. The lowest BCUT2D eigenvalue weighted by atomic mass is 10.2. The minimum absolute atomic E-state index is 0.184. The average molecular weight is 310 g/mol. The smallest absolute Gasteiger partial charge is 0.145 e. The molecule has 0 fully saturated rings. The standard InChI is InChI=1S/C16H17ClFNS/c1-2-19-10-12-5-3-7-14(9-12)20-11-13-6-4-8-15(17)16(13)18/h3-9,19H,2,10-11H2,1H3. The predicted molar refractivity (Wildman–Crippen MR) is 84.8 cm³/mol. The summed E-state index contributed by atoms with van der Waals surface area (Å²) in [5.41, 5.74) is 1.88. The Labute approximate surface area is 128 Å². The number of halogens is 2. The first-order valence-corrected chi connectivity index (χ1v) is 7.92. The van der Waals surface area contributed by atoms with Crippen LogP contribution in [0.2, 0.25) is 5.02 Å². The molecule has 4 heteroatoms. The molecular formula is C16H17ClFNS. The molecule has 2 aromatic rings. The van der Waals surface area contributed by atoms with Crippen molar-refractivity contribution in [3.63, 3.8) is 0 Å². The molecule has 1 N–H and O–H groups in total. The van der Waals surface area contributed by atoms with Crippen LogP contribution in [0.15, 0.2) is 47.4 Å². The Kier molecular flexibility index (Phi) is 5.89. The molecule has 0 aliphatic carbocycles. The zero-order chi connectivity index (χ0) is 14.4. The monoisotopic (exact) mass is 309 g/mol. The Hall–Kier alpha value is -1.03. The lowest BCUT2D eigenvalue weighted by Gasteiger charge is -2.07. The third kappa shape index (κ3) is 4.23. The summed E-state index contributed by atoms with van der Waals surface area (Å²) in [6.45, 7) is 3.89. The molecule has 0 aliphatic heterocycles. The average Bonchev–Trinajstić information content (AvgIpc) is 2.47. The van der Waals surface area contributed by atoms with Gasteiger partial charge in [-0.3, -0.25) is 0 Å². The number of rotatable bonds is 6. The Morgan fingerprint density at radius 2 is 2.00 bits per heavy atom. The molecule has 0 atom stereocenters. The van der Waals surface area contributed by atoms with Crippen LogP contribution in [0.4, 0.5) is 4.39 Å². The van der Waals surface area contributed by atoms with E-state index in [2.05, 4.69) is 24.4 Å². The van der Waals surface area contributed by atoms with Crippen molar-refractivity contribution in [2.75, 3.05) is 6.54 Å². The highest BCUT2D eigenvalue weighted by atomic mass is 35.5. The van der Waals surface area contributed by atoms with Crippen LogP contribution in [0, 0.1) is 5.82 Å². The summed E-state index contributed by atoms with van der Waals surface area (Å²) >= 11 is 7.40. The van der Waals surface area contributed by atoms with E-state index in [9.17, 15) is 4.39 Å². The van der Waals surface area contributed by atoms with E-state index >= 15 is 0 Å². The summed E-state index contributed by atoms with van der Waals surface area (Å²) in [6.07, 6.45) is 0. The van der Waals surface area contributed by atoms with Crippen molar-refractivity contribution >= 4 is 23.4 Å². The molecule has 2 rings (SSSR count). The topological polar surface area (TPSA) is 12.0 Å². The molecule has 0 spiro atoms. The van der Waals surface area contributed by atoms with Gasteiger partial charge in [0.15, 0.2) is 0 Å². The van der Waals surface area contributed by atoms with Gasteiger partial charge in [-0.2, -0.15) is 0 Å². The van der Waals surface area contributed by atoms with Crippen molar-refractivity contribution in [3.05, 3.63) is 64.4 Å². The lowest BCUT2D eigenvalue weighted by molar-refractivity contribution is 0.618. The molecule has 0 aliphatic rings. The van der Waals surface area contributed by atoms with Gasteiger partial charge in [0.25, 0.3) is 0 Å². The van der Waals surface area contributed by atoms with E-state index in [0.717, 1.165) is 18.0 Å². The van der Waals surface area contributed by atoms with Gasteiger partial charge in [-0.1, -0.05) is 42.8 Å². The van der Waals surface area contributed by atoms with Gasteiger partial charge < -0.3 is 5.32 Å². The number of benzene rings is 2. The molecule has 20 heavy (non-hydrogen) atoms. The minimum atomic E-state index is -0.314. The van der Waals surface area contributed by atoms with Crippen LogP contribution in [-0.4, -0.2) is 6.54 Å². The fourth-order valence-corrected chi connectivity index (χ4v) is 2.98. The van der Waals surface area contributed by atoms with Gasteiger partial charge >= 0.3 is 0 Å². The van der Waals surface area contributed by atoms with E-state index in [1.165, 1.54) is 5.56 Å². The molecular weight excluding hydrogens is 293 g/mol. The van der Waals surface area contributed by atoms with Crippen molar-refractivity contribution in [1.82, 2.24) is 5.32 Å². The Morgan fingerprint density at radius 3 is 2.80 bits per heavy atom. The summed E-state index contributed by atoms with van der Waals surface area (Å²) in [4.78, 5) is 1.14. The maximum absolute atomic E-state index is 13.8. The third-order valence-electron chi connectivity index (χ3n) is 2.90. The van der Waals surface area contributed by atoms with Crippen LogP contribution in [0.5, 0.6) is 0 Å². The molecule has 0 bridgehead atoms. The highest BCUT2D eigenvalue weighted by Gasteiger charge is 2.06. The molecule has 0 unspecified atom stereocenters. The van der Waals surface area contributed by atoms with E-state index in [-0.39, 0.29) is 10.8 Å². The van der Waals surface area contributed by atoms with E-state index in [0.29, 0.717) is 11.3 Å². The molecule has 0 amide bonds. The normalized spacial score (nSPS) is 10.8. The number of hydrogen-bond acceptors (Lipinski definition) is 2. The summed E-state index contributed by atoms with van der Waals surface area (Å²) < 4.78 is 13.8. The van der Waals surface area contributed by atoms with E-state index < -0.39 is 0 Å². The van der Waals surface area contributed by atoms with Crippen LogP contribution in [0.3, 0.4) is 0 Å². The number of hydrogen-bond donors (Lipinski definition) is 1. The summed E-state index contributed by atoms with van der Waals surface area (Å²) in [7, 11) is 0. The Bertz CT molecular complexity index is 574. The van der Waals surface area contributed by atoms with E-state index in [1.807, 2.05) is 12.1 Å². The highest BCUT2D eigenvalue weighted by molar-refractivity contribution is 7.98. The van der Waals surface area contributed by atoms with Crippen LogP contribution < -0.4 is 5.32 Å². The zero-order valence-corrected chi connectivity index (χ0v) is 12.9. The molecule has 0 radical (unpaired) electrons. The fraction of sp³-hybridized carbons (Fsp3) is 0.250. The van der Waals surface area contributed by atoms with Crippen molar-refractivity contribution in [2.45, 2.75) is 24.1 Å². The first-order chi connectivity index (χ1) is 9.70. The predicted octanol–water partition coefficient (Wildman–Crippen LogP) is 4.88. The van der Waals surface area contributed by atoms with E-state index in [1.54, 1.807) is 30.0 Å². The second-order valence-electron chi connectivity index (χ2n) is 4.43. The molecule has 0 saturated heterocycles. The molecule has 2 aromatic carbocycles. The van der Waals surface area contributed by atoms with Gasteiger partial charge in [0, 0.05) is 17.2 Å². The number of nitrogens with one attached hydrogen (secondary N) is 1. The zero-order valence-electron chi connectivity index (χ0n) is 11.3. The van der Waals surface area contributed by atoms with Crippen LogP contribution in [-0.2, 0) is 12.3 Å². The Morgan fingerprint density at radius 1 is 1.20 bits per heavy atom. The van der Waals surface area contributed by atoms with Crippen molar-refractivity contribution in [2.24, 2.45) is 0 Å². The van der Waals surface area contributed by atoms with E-state index in [4.69, 9.17) is 11.6 Å². The minimum Gasteiger partial charge on any atom is -0.313 e. The van der Waals surface area contributed by atoms with Crippen LogP contribution in [0.1, 0.15) is 18.1 Å². The molecule has 0 aromatic heterocycles. The van der Waals surface area contributed by atoms with Gasteiger partial charge in [0.05, 0.1) is 5.02 Å². The van der Waals surface area contributed by atoms with Gasteiger partial charge in [0.1, 0.15) is 5.82 Å². The van der Waals surface area contributed by atoms with Gasteiger partial charge in [-0.25, -0.2) is 4.39 Å². The van der Waals surface area contributed by atoms with Gasteiger partial charge in [-0.15, -0.1) is 11.8 Å². The Balaban J connectivity index is 2.01. The van der Waals surface area contributed by atoms with Gasteiger partial charge in [0.2, 0.25) is 0 Å². The fourth-order valence-electron chi connectivity index (χ4n) is 1.84. The quantitative estimate of drug-likeness (QED) is 0.763. The maximum Gasteiger partial charge on any atom is 0.145 e.